The smallest absolute Gasteiger partial charge is 0.339 e. The summed E-state index contributed by atoms with van der Waals surface area (Å²) >= 11 is 0. The molecular formula is C15H17N3O2. The Morgan fingerprint density at radius 1 is 1.25 bits per heavy atom. The number of methoxy groups -OCH3 is 1. The molecule has 0 spiro atoms. The molecule has 1 unspecified atom stereocenters. The largest absolute Gasteiger partial charge is 0.465 e. The number of aryl methyl sites for hydroxylation is 1. The number of rotatable bonds is 4. The first kappa shape index (κ1) is 14.0. The van der Waals surface area contributed by atoms with Gasteiger partial charge in [0.05, 0.1) is 24.4 Å². The van der Waals surface area contributed by atoms with E-state index in [0.29, 0.717) is 11.3 Å². The highest BCUT2D eigenvalue weighted by atomic mass is 16.5. The summed E-state index contributed by atoms with van der Waals surface area (Å²) in [5.74, 6) is 0.350. The molecule has 0 saturated heterocycles. The summed E-state index contributed by atoms with van der Waals surface area (Å²) in [6.07, 6.45) is 3.51. The molecule has 0 aromatic carbocycles. The van der Waals surface area contributed by atoms with Gasteiger partial charge in [-0.2, -0.15) is 0 Å². The van der Waals surface area contributed by atoms with Gasteiger partial charge in [-0.1, -0.05) is 0 Å². The van der Waals surface area contributed by atoms with Gasteiger partial charge in [-0.15, -0.1) is 0 Å². The number of pyridine rings is 2. The van der Waals surface area contributed by atoms with E-state index in [9.17, 15) is 4.79 Å². The van der Waals surface area contributed by atoms with Crippen LogP contribution >= 0.6 is 0 Å². The maximum atomic E-state index is 11.5. The zero-order valence-electron chi connectivity index (χ0n) is 11.8. The van der Waals surface area contributed by atoms with Crippen LogP contribution in [0.1, 0.15) is 34.6 Å². The minimum atomic E-state index is -0.372. The molecule has 2 aromatic heterocycles. The van der Waals surface area contributed by atoms with Crippen LogP contribution in [0.4, 0.5) is 5.82 Å². The van der Waals surface area contributed by atoms with E-state index in [1.54, 1.807) is 31.5 Å². The lowest BCUT2D eigenvalue weighted by atomic mass is 10.1. The van der Waals surface area contributed by atoms with Crippen molar-refractivity contribution < 1.29 is 9.53 Å². The summed E-state index contributed by atoms with van der Waals surface area (Å²) in [5, 5.41) is 3.29. The third-order valence-corrected chi connectivity index (χ3v) is 3.06. The Morgan fingerprint density at radius 2 is 1.95 bits per heavy atom. The molecular weight excluding hydrogens is 254 g/mol. The molecule has 0 aliphatic carbocycles. The number of esters is 1. The van der Waals surface area contributed by atoms with E-state index in [-0.39, 0.29) is 12.0 Å². The molecule has 5 nitrogen and oxygen atoms in total. The normalized spacial score (nSPS) is 11.8. The molecule has 0 saturated carbocycles. The van der Waals surface area contributed by atoms with E-state index in [1.165, 1.54) is 7.11 Å². The van der Waals surface area contributed by atoms with E-state index in [2.05, 4.69) is 15.3 Å². The van der Waals surface area contributed by atoms with Crippen LogP contribution in [-0.4, -0.2) is 23.0 Å². The van der Waals surface area contributed by atoms with Crippen molar-refractivity contribution in [3.8, 4) is 0 Å². The van der Waals surface area contributed by atoms with Crippen LogP contribution in [0, 0.1) is 6.92 Å². The van der Waals surface area contributed by atoms with Gasteiger partial charge in [0.1, 0.15) is 5.82 Å². The number of aromatic nitrogens is 2. The van der Waals surface area contributed by atoms with Gasteiger partial charge < -0.3 is 10.1 Å². The van der Waals surface area contributed by atoms with Crippen molar-refractivity contribution in [3.63, 3.8) is 0 Å². The van der Waals surface area contributed by atoms with Crippen LogP contribution < -0.4 is 5.32 Å². The van der Waals surface area contributed by atoms with Crippen LogP contribution in [0.15, 0.2) is 36.7 Å². The summed E-state index contributed by atoms with van der Waals surface area (Å²) in [4.78, 5) is 19.9. The molecule has 0 aliphatic rings. The first-order valence-corrected chi connectivity index (χ1v) is 6.34. The van der Waals surface area contributed by atoms with Gasteiger partial charge in [0, 0.05) is 12.4 Å². The van der Waals surface area contributed by atoms with Crippen molar-refractivity contribution in [3.05, 3.63) is 53.5 Å². The molecule has 2 heterocycles. The highest BCUT2D eigenvalue weighted by molar-refractivity contribution is 5.90. The van der Waals surface area contributed by atoms with Gasteiger partial charge in [-0.05, 0) is 43.7 Å². The van der Waals surface area contributed by atoms with E-state index < -0.39 is 0 Å². The number of hydrogen-bond acceptors (Lipinski definition) is 5. The van der Waals surface area contributed by atoms with E-state index in [0.717, 1.165) is 11.4 Å². The molecule has 0 fully saturated rings. The number of carbonyl (C=O) groups is 1. The van der Waals surface area contributed by atoms with Gasteiger partial charge in [0.15, 0.2) is 0 Å². The maximum absolute atomic E-state index is 11.5. The lowest BCUT2D eigenvalue weighted by Crippen LogP contribution is -2.10. The summed E-state index contributed by atoms with van der Waals surface area (Å²) in [5.41, 5.74) is 2.25. The lowest BCUT2D eigenvalue weighted by Gasteiger charge is -2.15. The van der Waals surface area contributed by atoms with E-state index >= 15 is 0 Å². The first-order chi connectivity index (χ1) is 9.61. The second-order valence-corrected chi connectivity index (χ2v) is 4.47. The van der Waals surface area contributed by atoms with Gasteiger partial charge >= 0.3 is 5.97 Å². The second-order valence-electron chi connectivity index (χ2n) is 4.47. The van der Waals surface area contributed by atoms with E-state index in [1.807, 2.05) is 19.1 Å². The highest BCUT2D eigenvalue weighted by Crippen LogP contribution is 2.18. The monoisotopic (exact) mass is 271 g/mol. The van der Waals surface area contributed by atoms with Crippen LogP contribution in [0.5, 0.6) is 0 Å². The Hall–Kier alpha value is -2.43. The average molecular weight is 271 g/mol. The molecule has 5 heteroatoms. The number of hydrogen-bond donors (Lipinski definition) is 1. The fourth-order valence-corrected chi connectivity index (χ4v) is 1.92. The SMILES string of the molecule is COC(=O)c1ccc(NC(C)c2ccncc2)nc1C. The molecule has 20 heavy (non-hydrogen) atoms. The van der Waals surface area contributed by atoms with Gasteiger partial charge in [0.25, 0.3) is 0 Å². The zero-order valence-corrected chi connectivity index (χ0v) is 11.8. The molecule has 1 atom stereocenters. The predicted octanol–water partition coefficient (Wildman–Crippen LogP) is 2.74. The first-order valence-electron chi connectivity index (χ1n) is 6.34. The summed E-state index contributed by atoms with van der Waals surface area (Å²) in [6, 6.07) is 7.50. The van der Waals surface area contributed by atoms with Gasteiger partial charge in [-0.25, -0.2) is 9.78 Å². The number of nitrogens with zero attached hydrogens (tertiary/aromatic N) is 2. The molecule has 1 N–H and O–H groups in total. The minimum Gasteiger partial charge on any atom is -0.465 e. The van der Waals surface area contributed by atoms with Crippen LogP contribution in [0.3, 0.4) is 0 Å². The fraction of sp³-hybridized carbons (Fsp3) is 0.267. The lowest BCUT2D eigenvalue weighted by molar-refractivity contribution is 0.0599. The Morgan fingerprint density at radius 3 is 2.55 bits per heavy atom. The second kappa shape index (κ2) is 6.14. The Kier molecular flexibility index (Phi) is 4.30. The van der Waals surface area contributed by atoms with Crippen LogP contribution in [0.2, 0.25) is 0 Å². The minimum absolute atomic E-state index is 0.105. The van der Waals surface area contributed by atoms with Crippen molar-refractivity contribution in [2.24, 2.45) is 0 Å². The summed E-state index contributed by atoms with van der Waals surface area (Å²) < 4.78 is 4.70. The Balaban J connectivity index is 2.15. The van der Waals surface area contributed by atoms with Crippen LogP contribution in [-0.2, 0) is 4.74 Å². The van der Waals surface area contributed by atoms with Gasteiger partial charge in [-0.3, -0.25) is 4.98 Å². The topological polar surface area (TPSA) is 64.1 Å². The quantitative estimate of drug-likeness (QED) is 0.866. The predicted molar refractivity (Wildman–Crippen MR) is 76.6 cm³/mol. The van der Waals surface area contributed by atoms with Gasteiger partial charge in [0.2, 0.25) is 0 Å². The standard InChI is InChI=1S/C15H17N3O2/c1-10(12-6-8-16-9-7-12)17-14-5-4-13(11(2)18-14)15(19)20-3/h4-10H,1-3H3,(H,17,18). The van der Waals surface area contributed by atoms with E-state index in [4.69, 9.17) is 4.74 Å². The molecule has 0 bridgehead atoms. The van der Waals surface area contributed by atoms with Crippen molar-refractivity contribution in [2.45, 2.75) is 19.9 Å². The average Bonchev–Trinajstić information content (AvgIpc) is 2.47. The third kappa shape index (κ3) is 3.12. The zero-order chi connectivity index (χ0) is 14.5. The summed E-state index contributed by atoms with van der Waals surface area (Å²) in [7, 11) is 1.36. The number of nitrogens with one attached hydrogen (secondary N) is 1. The Bertz CT molecular complexity index is 599. The molecule has 0 amide bonds. The van der Waals surface area contributed by atoms with Crippen LogP contribution in [0.25, 0.3) is 0 Å². The molecule has 0 radical (unpaired) electrons. The molecule has 0 aliphatic heterocycles. The van der Waals surface area contributed by atoms with Crippen molar-refractivity contribution in [2.75, 3.05) is 12.4 Å². The fourth-order valence-electron chi connectivity index (χ4n) is 1.92. The van der Waals surface area contributed by atoms with Crippen molar-refractivity contribution in [1.82, 2.24) is 9.97 Å². The molecule has 2 aromatic rings. The number of carbonyl (C=O) groups excluding carboxylic acids is 1. The highest BCUT2D eigenvalue weighted by Gasteiger charge is 2.12. The van der Waals surface area contributed by atoms with Crippen molar-refractivity contribution >= 4 is 11.8 Å². The molecule has 2 rings (SSSR count). The number of anilines is 1. The van der Waals surface area contributed by atoms with Crippen molar-refractivity contribution in [1.29, 1.82) is 0 Å². The Labute approximate surface area is 118 Å². The third-order valence-electron chi connectivity index (χ3n) is 3.06. The number of ether oxygens (including phenoxy) is 1. The summed E-state index contributed by atoms with van der Waals surface area (Å²) in [6.45, 7) is 3.83. The molecule has 104 valence electrons. The maximum Gasteiger partial charge on any atom is 0.339 e.